The summed E-state index contributed by atoms with van der Waals surface area (Å²) in [6.07, 6.45) is 7.62. The molecule has 2 atom stereocenters. The molecule has 1 aromatic rings. The van der Waals surface area contributed by atoms with Crippen molar-refractivity contribution in [1.29, 1.82) is 0 Å². The molecule has 2 aliphatic heterocycles. The van der Waals surface area contributed by atoms with E-state index in [1.165, 1.54) is 64.6 Å². The zero-order valence-electron chi connectivity index (χ0n) is 14.0. The van der Waals surface area contributed by atoms with E-state index in [9.17, 15) is 9.59 Å². The van der Waals surface area contributed by atoms with Gasteiger partial charge in [0.2, 0.25) is 5.43 Å². The summed E-state index contributed by atoms with van der Waals surface area (Å²) >= 11 is 0. The highest BCUT2D eigenvalue weighted by Crippen LogP contribution is 2.30. The number of carbonyl (C=O) groups is 1. The van der Waals surface area contributed by atoms with Crippen molar-refractivity contribution in [3.63, 3.8) is 0 Å². The third kappa shape index (κ3) is 4.11. The molecule has 0 spiro atoms. The number of methoxy groups -OCH3 is 1. The van der Waals surface area contributed by atoms with Crippen LogP contribution in [-0.2, 0) is 0 Å². The molecule has 1 amide bonds. The van der Waals surface area contributed by atoms with Gasteiger partial charge in [0.1, 0.15) is 5.69 Å². The highest BCUT2D eigenvalue weighted by Gasteiger charge is 2.32. The van der Waals surface area contributed by atoms with Crippen molar-refractivity contribution < 1.29 is 9.53 Å². The number of ether oxygens (including phenoxy) is 1. The van der Waals surface area contributed by atoms with Gasteiger partial charge < -0.3 is 19.9 Å². The van der Waals surface area contributed by atoms with Crippen LogP contribution in [0.25, 0.3) is 0 Å². The van der Waals surface area contributed by atoms with Gasteiger partial charge in [0.05, 0.1) is 7.11 Å². The van der Waals surface area contributed by atoms with Gasteiger partial charge in [0.15, 0.2) is 5.75 Å². The first-order valence-corrected chi connectivity index (χ1v) is 8.48. The first kappa shape index (κ1) is 18.8. The molecular weight excluding hydrogens is 330 g/mol. The van der Waals surface area contributed by atoms with Crippen molar-refractivity contribution in [2.24, 2.45) is 5.92 Å². The van der Waals surface area contributed by atoms with Crippen LogP contribution in [0.3, 0.4) is 0 Å². The molecule has 3 rings (SSSR count). The summed E-state index contributed by atoms with van der Waals surface area (Å²) in [7, 11) is 1.43. The monoisotopic (exact) mass is 355 g/mol. The molecule has 0 aliphatic carbocycles. The van der Waals surface area contributed by atoms with Crippen LogP contribution in [0.4, 0.5) is 0 Å². The van der Waals surface area contributed by atoms with Gasteiger partial charge in [-0.05, 0) is 44.7 Å². The highest BCUT2D eigenvalue weighted by molar-refractivity contribution is 5.92. The van der Waals surface area contributed by atoms with Gasteiger partial charge in [-0.15, -0.1) is 12.4 Å². The number of nitrogens with one attached hydrogen (secondary N) is 2. The number of pyridine rings is 1. The minimum Gasteiger partial charge on any atom is -0.491 e. The standard InChI is InChI=1S/C17H25N3O3.ClH/c1-23-16-11-18-13(9-15(16)21)17(22)19-10-12-5-4-8-20-7-3-2-6-14(12)20;/h9,11-12,14H,2-8,10H2,1H3,(H,18,21)(H,19,22);1H. The van der Waals surface area contributed by atoms with E-state index in [1.807, 2.05) is 0 Å². The van der Waals surface area contributed by atoms with Gasteiger partial charge in [0, 0.05) is 24.8 Å². The van der Waals surface area contributed by atoms with Crippen LogP contribution >= 0.6 is 12.4 Å². The Labute approximate surface area is 148 Å². The van der Waals surface area contributed by atoms with Crippen molar-refractivity contribution in [3.8, 4) is 5.75 Å². The van der Waals surface area contributed by atoms with Gasteiger partial charge in [0.25, 0.3) is 5.91 Å². The minimum absolute atomic E-state index is 0. The molecule has 3 heterocycles. The topological polar surface area (TPSA) is 74.4 Å². The average Bonchev–Trinajstić information content (AvgIpc) is 2.59. The van der Waals surface area contributed by atoms with Crippen LogP contribution in [0, 0.1) is 5.92 Å². The second-order valence-electron chi connectivity index (χ2n) is 6.49. The molecule has 2 fully saturated rings. The lowest BCUT2D eigenvalue weighted by atomic mass is 9.83. The summed E-state index contributed by atoms with van der Waals surface area (Å²) in [5.41, 5.74) is -0.000341. The second-order valence-corrected chi connectivity index (χ2v) is 6.49. The Morgan fingerprint density at radius 1 is 1.33 bits per heavy atom. The van der Waals surface area contributed by atoms with Crippen molar-refractivity contribution in [3.05, 3.63) is 28.2 Å². The predicted octanol–water partition coefficient (Wildman–Crippen LogP) is 1.80. The molecule has 0 radical (unpaired) electrons. The number of H-pyrrole nitrogens is 1. The van der Waals surface area contributed by atoms with Crippen LogP contribution in [0.1, 0.15) is 42.6 Å². The lowest BCUT2D eigenvalue weighted by Gasteiger charge is -2.44. The molecule has 0 bridgehead atoms. The predicted molar refractivity (Wildman–Crippen MR) is 95.1 cm³/mol. The Morgan fingerprint density at radius 2 is 2.12 bits per heavy atom. The molecule has 24 heavy (non-hydrogen) atoms. The van der Waals surface area contributed by atoms with Crippen LogP contribution in [0.2, 0.25) is 0 Å². The fourth-order valence-corrected chi connectivity index (χ4v) is 3.88. The number of hydrogen-bond acceptors (Lipinski definition) is 4. The number of rotatable bonds is 4. The van der Waals surface area contributed by atoms with Gasteiger partial charge in [-0.3, -0.25) is 9.59 Å². The summed E-state index contributed by atoms with van der Waals surface area (Å²) in [6, 6.07) is 1.90. The third-order valence-corrected chi connectivity index (χ3v) is 5.10. The van der Waals surface area contributed by atoms with Gasteiger partial charge in [-0.25, -0.2) is 0 Å². The van der Waals surface area contributed by atoms with Crippen molar-refractivity contribution in [1.82, 2.24) is 15.2 Å². The van der Waals surface area contributed by atoms with E-state index in [1.54, 1.807) is 0 Å². The Hall–Kier alpha value is -1.53. The quantitative estimate of drug-likeness (QED) is 0.863. The molecule has 2 unspecified atom stereocenters. The van der Waals surface area contributed by atoms with E-state index in [4.69, 9.17) is 4.74 Å². The van der Waals surface area contributed by atoms with Crippen molar-refractivity contribution in [2.45, 2.75) is 38.1 Å². The van der Waals surface area contributed by atoms with Crippen LogP contribution < -0.4 is 15.5 Å². The van der Waals surface area contributed by atoms with Gasteiger partial charge in [-0.2, -0.15) is 0 Å². The molecule has 7 heteroatoms. The van der Waals surface area contributed by atoms with Crippen LogP contribution in [-0.4, -0.2) is 48.6 Å². The normalized spacial score (nSPS) is 23.7. The highest BCUT2D eigenvalue weighted by atomic mass is 35.5. The lowest BCUT2D eigenvalue weighted by molar-refractivity contribution is 0.0575. The van der Waals surface area contributed by atoms with Crippen LogP contribution in [0.5, 0.6) is 5.75 Å². The minimum atomic E-state index is -0.285. The molecule has 0 saturated carbocycles. The van der Waals surface area contributed by atoms with Gasteiger partial charge >= 0.3 is 0 Å². The maximum atomic E-state index is 12.3. The van der Waals surface area contributed by atoms with E-state index in [2.05, 4.69) is 15.2 Å². The largest absolute Gasteiger partial charge is 0.491 e. The first-order valence-electron chi connectivity index (χ1n) is 8.48. The zero-order valence-corrected chi connectivity index (χ0v) is 14.9. The van der Waals surface area contributed by atoms with E-state index < -0.39 is 0 Å². The molecule has 1 aromatic heterocycles. The number of amides is 1. The lowest BCUT2D eigenvalue weighted by Crippen LogP contribution is -2.51. The number of piperidine rings is 2. The van der Waals surface area contributed by atoms with Gasteiger partial charge in [-0.1, -0.05) is 6.42 Å². The number of carbonyl (C=O) groups excluding carboxylic acids is 1. The molecular formula is C17H26ClN3O3. The SMILES string of the molecule is COc1c[nH]c(C(=O)NCC2CCCN3CCCCC23)cc1=O.Cl. The Bertz CT molecular complexity index is 617. The van der Waals surface area contributed by atoms with E-state index in [0.29, 0.717) is 18.5 Å². The first-order chi connectivity index (χ1) is 11.2. The average molecular weight is 356 g/mol. The summed E-state index contributed by atoms with van der Waals surface area (Å²) in [5, 5.41) is 2.99. The van der Waals surface area contributed by atoms with Crippen LogP contribution in [0.15, 0.2) is 17.1 Å². The Kier molecular flexibility index (Phi) is 6.69. The number of aromatic nitrogens is 1. The van der Waals surface area contributed by atoms with Crippen molar-refractivity contribution in [2.75, 3.05) is 26.7 Å². The Balaban J connectivity index is 0.00000208. The second kappa shape index (κ2) is 8.53. The number of halogens is 1. The number of fused-ring (bicyclic) bond motifs is 1. The summed E-state index contributed by atoms with van der Waals surface area (Å²) in [6.45, 7) is 3.07. The molecule has 6 nitrogen and oxygen atoms in total. The maximum Gasteiger partial charge on any atom is 0.267 e. The van der Waals surface area contributed by atoms with Crippen molar-refractivity contribution >= 4 is 18.3 Å². The number of aromatic amines is 1. The molecule has 2 aliphatic rings. The molecule has 0 aromatic carbocycles. The molecule has 134 valence electrons. The van der Waals surface area contributed by atoms with E-state index >= 15 is 0 Å². The summed E-state index contributed by atoms with van der Waals surface area (Å²) < 4.78 is 4.91. The summed E-state index contributed by atoms with van der Waals surface area (Å²) in [4.78, 5) is 29.4. The Morgan fingerprint density at radius 3 is 2.88 bits per heavy atom. The van der Waals surface area contributed by atoms with E-state index in [-0.39, 0.29) is 35.2 Å². The number of hydrogen-bond donors (Lipinski definition) is 2. The maximum absolute atomic E-state index is 12.3. The molecule has 2 saturated heterocycles. The fraction of sp³-hybridized carbons (Fsp3) is 0.647. The number of nitrogens with zero attached hydrogens (tertiary/aromatic N) is 1. The fourth-order valence-electron chi connectivity index (χ4n) is 3.88. The van der Waals surface area contributed by atoms with E-state index in [0.717, 1.165) is 0 Å². The zero-order chi connectivity index (χ0) is 16.2. The third-order valence-electron chi connectivity index (χ3n) is 5.10. The smallest absolute Gasteiger partial charge is 0.267 e. The molecule has 2 N–H and O–H groups in total. The summed E-state index contributed by atoms with van der Waals surface area (Å²) in [5.74, 6) is 0.502.